The van der Waals surface area contributed by atoms with Gasteiger partial charge in [0.15, 0.2) is 0 Å². The summed E-state index contributed by atoms with van der Waals surface area (Å²) >= 11 is 1.49. The van der Waals surface area contributed by atoms with Gasteiger partial charge in [-0.05, 0) is 55.6 Å². The normalized spacial score (nSPS) is 14.8. The molecule has 3 rings (SSSR count). The number of nitrogen functional groups attached to an aromatic ring is 1. The van der Waals surface area contributed by atoms with Gasteiger partial charge in [-0.2, -0.15) is 9.47 Å². The summed E-state index contributed by atoms with van der Waals surface area (Å²) < 4.78 is 4.26. The minimum Gasteiger partial charge on any atom is -0.383 e. The Balaban J connectivity index is 1.51. The summed E-state index contributed by atoms with van der Waals surface area (Å²) in [6.45, 7) is 3.01. The van der Waals surface area contributed by atoms with Crippen LogP contribution in [0.2, 0.25) is 0 Å². The number of anilines is 2. The van der Waals surface area contributed by atoms with Gasteiger partial charge in [0.05, 0.1) is 6.20 Å². The van der Waals surface area contributed by atoms with Crippen LogP contribution in [-0.4, -0.2) is 21.1 Å². The lowest BCUT2D eigenvalue weighted by Gasteiger charge is -2.06. The highest BCUT2D eigenvalue weighted by Crippen LogP contribution is 2.47. The topological polar surface area (TPSA) is 79.6 Å². The smallest absolute Gasteiger partial charge is 0.142 e. The van der Waals surface area contributed by atoms with Crippen molar-refractivity contribution >= 4 is 22.4 Å². The fourth-order valence-electron chi connectivity index (χ4n) is 2.31. The third-order valence-corrected chi connectivity index (χ3v) is 4.42. The molecule has 6 heteroatoms. The van der Waals surface area contributed by atoms with Crippen molar-refractivity contribution in [3.63, 3.8) is 0 Å². The second-order valence-corrected chi connectivity index (χ2v) is 5.91. The van der Waals surface area contributed by atoms with Gasteiger partial charge in [-0.3, -0.25) is 5.10 Å². The maximum absolute atomic E-state index is 5.93. The summed E-state index contributed by atoms with van der Waals surface area (Å²) in [5.41, 5.74) is 9.65. The molecule has 5 nitrogen and oxygen atoms in total. The molecule has 1 saturated carbocycles. The average molecular weight is 277 g/mol. The van der Waals surface area contributed by atoms with Gasteiger partial charge in [0.25, 0.3) is 0 Å². The Morgan fingerprint density at radius 2 is 2.37 bits per heavy atom. The molecular weight excluding hydrogens is 258 g/mol. The van der Waals surface area contributed by atoms with Crippen LogP contribution in [0, 0.1) is 6.92 Å². The minimum absolute atomic E-state index is 0.650. The average Bonchev–Trinajstić information content (AvgIpc) is 3.05. The largest absolute Gasteiger partial charge is 0.383 e. The van der Waals surface area contributed by atoms with Gasteiger partial charge in [0, 0.05) is 17.8 Å². The number of aromatic amines is 1. The SMILES string of the molecule is Cc1[nH]ncc1CCCNc1snc(N)c1C1CC1. The monoisotopic (exact) mass is 277 g/mol. The van der Waals surface area contributed by atoms with Crippen LogP contribution >= 0.6 is 11.5 Å². The molecule has 0 amide bonds. The molecule has 4 N–H and O–H groups in total. The minimum atomic E-state index is 0.650. The standard InChI is InChI=1S/C13H19N5S/c1-8-10(7-16-17-8)3-2-6-15-13-11(9-4-5-9)12(14)18-19-13/h7,9,15H,2-6H2,1H3,(H2,14,18)(H,16,17). The van der Waals surface area contributed by atoms with Gasteiger partial charge in [-0.15, -0.1) is 0 Å². The second kappa shape index (κ2) is 5.21. The van der Waals surface area contributed by atoms with E-state index in [1.807, 2.05) is 6.20 Å². The Morgan fingerprint density at radius 1 is 1.53 bits per heavy atom. The van der Waals surface area contributed by atoms with Crippen molar-refractivity contribution in [2.24, 2.45) is 0 Å². The first-order valence-electron chi connectivity index (χ1n) is 6.73. The molecule has 2 heterocycles. The molecule has 0 radical (unpaired) electrons. The highest BCUT2D eigenvalue weighted by molar-refractivity contribution is 7.10. The van der Waals surface area contributed by atoms with E-state index >= 15 is 0 Å². The van der Waals surface area contributed by atoms with Crippen LogP contribution in [0.25, 0.3) is 0 Å². The lowest BCUT2D eigenvalue weighted by Crippen LogP contribution is -2.04. The van der Waals surface area contributed by atoms with Gasteiger partial charge in [-0.25, -0.2) is 0 Å². The van der Waals surface area contributed by atoms with Crippen LogP contribution in [0.1, 0.15) is 42.0 Å². The molecule has 0 aliphatic heterocycles. The van der Waals surface area contributed by atoms with E-state index in [1.54, 1.807) is 0 Å². The summed E-state index contributed by atoms with van der Waals surface area (Å²) in [7, 11) is 0. The summed E-state index contributed by atoms with van der Waals surface area (Å²) in [4.78, 5) is 0. The maximum Gasteiger partial charge on any atom is 0.142 e. The van der Waals surface area contributed by atoms with E-state index in [2.05, 4.69) is 26.8 Å². The van der Waals surface area contributed by atoms with Gasteiger partial charge < -0.3 is 11.1 Å². The summed E-state index contributed by atoms with van der Waals surface area (Å²) in [5, 5.41) is 11.7. The molecule has 0 spiro atoms. The van der Waals surface area contributed by atoms with Gasteiger partial charge in [0.1, 0.15) is 10.8 Å². The molecule has 0 saturated heterocycles. The Morgan fingerprint density at radius 3 is 3.05 bits per heavy atom. The zero-order chi connectivity index (χ0) is 13.2. The van der Waals surface area contributed by atoms with Gasteiger partial charge in [-0.1, -0.05) is 0 Å². The van der Waals surface area contributed by atoms with Gasteiger partial charge in [0.2, 0.25) is 0 Å². The zero-order valence-corrected chi connectivity index (χ0v) is 11.9. The van der Waals surface area contributed by atoms with E-state index in [-0.39, 0.29) is 0 Å². The molecule has 1 aliphatic carbocycles. The van der Waals surface area contributed by atoms with Crippen LogP contribution < -0.4 is 11.1 Å². The number of hydrogen-bond donors (Lipinski definition) is 3. The molecule has 1 fully saturated rings. The van der Waals surface area contributed by atoms with Crippen molar-refractivity contribution in [3.8, 4) is 0 Å². The molecule has 0 unspecified atom stereocenters. The molecular formula is C13H19N5S. The fourth-order valence-corrected chi connectivity index (χ4v) is 3.14. The summed E-state index contributed by atoms with van der Waals surface area (Å²) in [6, 6.07) is 0. The third kappa shape index (κ3) is 2.73. The van der Waals surface area contributed by atoms with Crippen LogP contribution in [-0.2, 0) is 6.42 Å². The molecule has 19 heavy (non-hydrogen) atoms. The lowest BCUT2D eigenvalue weighted by atomic mass is 10.1. The Hall–Kier alpha value is -1.56. The summed E-state index contributed by atoms with van der Waals surface area (Å²) in [6.07, 6.45) is 6.55. The first-order chi connectivity index (χ1) is 9.25. The Bertz CT molecular complexity index is 555. The van der Waals surface area contributed by atoms with Crippen LogP contribution in [0.15, 0.2) is 6.20 Å². The molecule has 102 valence electrons. The van der Waals surface area contributed by atoms with Crippen molar-refractivity contribution in [2.75, 3.05) is 17.6 Å². The fraction of sp³-hybridized carbons (Fsp3) is 0.538. The van der Waals surface area contributed by atoms with E-state index in [1.165, 1.54) is 46.2 Å². The van der Waals surface area contributed by atoms with E-state index in [0.717, 1.165) is 25.2 Å². The zero-order valence-electron chi connectivity index (χ0n) is 11.1. The number of rotatable bonds is 6. The number of H-pyrrole nitrogens is 1. The number of nitrogens with one attached hydrogen (secondary N) is 2. The predicted molar refractivity (Wildman–Crippen MR) is 78.6 cm³/mol. The number of nitrogens with two attached hydrogens (primary N) is 1. The number of nitrogens with zero attached hydrogens (tertiary/aromatic N) is 2. The Kier molecular flexibility index (Phi) is 3.42. The van der Waals surface area contributed by atoms with Crippen LogP contribution in [0.4, 0.5) is 10.8 Å². The molecule has 2 aromatic rings. The number of aryl methyl sites for hydroxylation is 2. The quantitative estimate of drug-likeness (QED) is 0.709. The maximum atomic E-state index is 5.93. The van der Waals surface area contributed by atoms with Crippen molar-refractivity contribution in [3.05, 3.63) is 23.0 Å². The van der Waals surface area contributed by atoms with Crippen molar-refractivity contribution in [2.45, 2.75) is 38.5 Å². The van der Waals surface area contributed by atoms with E-state index < -0.39 is 0 Å². The number of aromatic nitrogens is 3. The van der Waals surface area contributed by atoms with E-state index in [9.17, 15) is 0 Å². The second-order valence-electron chi connectivity index (χ2n) is 5.14. The molecule has 0 atom stereocenters. The molecule has 0 bridgehead atoms. The first kappa shape index (κ1) is 12.5. The van der Waals surface area contributed by atoms with Crippen LogP contribution in [0.3, 0.4) is 0 Å². The first-order valence-corrected chi connectivity index (χ1v) is 7.51. The molecule has 1 aliphatic rings. The summed E-state index contributed by atoms with van der Waals surface area (Å²) in [5.74, 6) is 1.37. The van der Waals surface area contributed by atoms with Crippen LogP contribution in [0.5, 0.6) is 0 Å². The van der Waals surface area contributed by atoms with Crippen molar-refractivity contribution < 1.29 is 0 Å². The highest BCUT2D eigenvalue weighted by Gasteiger charge is 2.30. The molecule has 0 aromatic carbocycles. The van der Waals surface area contributed by atoms with E-state index in [4.69, 9.17) is 5.73 Å². The number of hydrogen-bond acceptors (Lipinski definition) is 5. The third-order valence-electron chi connectivity index (χ3n) is 3.58. The van der Waals surface area contributed by atoms with E-state index in [0.29, 0.717) is 5.92 Å². The molecule has 2 aromatic heterocycles. The van der Waals surface area contributed by atoms with Crippen molar-refractivity contribution in [1.29, 1.82) is 0 Å². The highest BCUT2D eigenvalue weighted by atomic mass is 32.1. The predicted octanol–water partition coefficient (Wildman–Crippen LogP) is 2.68. The van der Waals surface area contributed by atoms with Gasteiger partial charge >= 0.3 is 0 Å². The lowest BCUT2D eigenvalue weighted by molar-refractivity contribution is 0.857. The Labute approximate surface area is 116 Å². The van der Waals surface area contributed by atoms with Crippen molar-refractivity contribution in [1.82, 2.24) is 14.6 Å².